The molecule has 3 rings (SSSR count). The average molecular weight is 320 g/mol. The molecule has 8 heteroatoms. The summed E-state index contributed by atoms with van der Waals surface area (Å²) in [5.74, 6) is 1.57. The van der Waals surface area contributed by atoms with Crippen molar-refractivity contribution in [3.8, 4) is 5.75 Å². The van der Waals surface area contributed by atoms with Gasteiger partial charge in [-0.2, -0.15) is 0 Å². The molecular weight excluding hydrogens is 304 g/mol. The third kappa shape index (κ3) is 2.74. The molecule has 22 heavy (non-hydrogen) atoms. The number of rotatable bonds is 5. The fourth-order valence-corrected chi connectivity index (χ4v) is 3.06. The van der Waals surface area contributed by atoms with Gasteiger partial charge in [-0.1, -0.05) is 11.8 Å². The fraction of sp³-hybridized carbons (Fsp3) is 0.357. The summed E-state index contributed by atoms with van der Waals surface area (Å²) in [6, 6.07) is 7.82. The molecule has 1 aliphatic heterocycles. The second kappa shape index (κ2) is 6.27. The van der Waals surface area contributed by atoms with Gasteiger partial charge in [-0.3, -0.25) is 9.36 Å². The summed E-state index contributed by atoms with van der Waals surface area (Å²) >= 11 is 1.34. The highest BCUT2D eigenvalue weighted by atomic mass is 32.2. The predicted octanol–water partition coefficient (Wildman–Crippen LogP) is 1.70. The maximum atomic E-state index is 11.2. The minimum atomic E-state index is -0.271. The molecule has 0 saturated heterocycles. The Labute approximate surface area is 132 Å². The molecule has 2 heterocycles. The number of aromatic nitrogens is 3. The second-order valence-corrected chi connectivity index (χ2v) is 5.59. The molecule has 1 aromatic carbocycles. The highest BCUT2D eigenvalue weighted by Crippen LogP contribution is 2.32. The number of carbonyl (C=O) groups is 1. The molecule has 0 fully saturated rings. The number of fused-ring (bicyclic) bond motifs is 1. The lowest BCUT2D eigenvalue weighted by Crippen LogP contribution is -2.14. The first-order valence-electron chi connectivity index (χ1n) is 6.77. The number of carbonyl (C=O) groups excluding carboxylic acids is 1. The molecule has 1 aromatic heterocycles. The van der Waals surface area contributed by atoms with E-state index in [-0.39, 0.29) is 11.7 Å². The lowest BCUT2D eigenvalue weighted by molar-refractivity contribution is -0.137. The molecule has 0 N–H and O–H groups in total. The number of ether oxygens (including phenoxy) is 2. The van der Waals surface area contributed by atoms with Gasteiger partial charge in [-0.15, -0.1) is 10.2 Å². The number of thioether (sulfide) groups is 1. The molecule has 0 amide bonds. The van der Waals surface area contributed by atoms with Crippen LogP contribution in [0.3, 0.4) is 0 Å². The van der Waals surface area contributed by atoms with Gasteiger partial charge in [-0.05, 0) is 24.3 Å². The molecule has 0 bridgehead atoms. The number of benzene rings is 1. The molecule has 1 aliphatic rings. The van der Waals surface area contributed by atoms with Crippen molar-refractivity contribution in [2.75, 3.05) is 31.4 Å². The summed E-state index contributed by atoms with van der Waals surface area (Å²) in [6.07, 6.45) is 0. The molecule has 0 atom stereocenters. The molecule has 0 spiro atoms. The van der Waals surface area contributed by atoms with Gasteiger partial charge in [0.2, 0.25) is 5.95 Å². The van der Waals surface area contributed by atoms with E-state index in [4.69, 9.17) is 4.74 Å². The van der Waals surface area contributed by atoms with Gasteiger partial charge in [0, 0.05) is 18.8 Å². The summed E-state index contributed by atoms with van der Waals surface area (Å²) in [7, 11) is 3.02. The topological polar surface area (TPSA) is 69.5 Å². The molecular formula is C14H16N4O3S. The Kier molecular flexibility index (Phi) is 4.19. The third-order valence-electron chi connectivity index (χ3n) is 3.42. The predicted molar refractivity (Wildman–Crippen MR) is 82.8 cm³/mol. The van der Waals surface area contributed by atoms with Crippen LogP contribution in [-0.4, -0.2) is 47.3 Å². The second-order valence-electron chi connectivity index (χ2n) is 4.65. The van der Waals surface area contributed by atoms with Crippen LogP contribution in [0.2, 0.25) is 0 Å². The highest BCUT2D eigenvalue weighted by molar-refractivity contribution is 7.99. The Morgan fingerprint density at radius 2 is 2.00 bits per heavy atom. The van der Waals surface area contributed by atoms with Gasteiger partial charge in [0.05, 0.1) is 20.0 Å². The fourth-order valence-electron chi connectivity index (χ4n) is 2.27. The van der Waals surface area contributed by atoms with Crippen molar-refractivity contribution in [2.24, 2.45) is 0 Å². The number of anilines is 2. The summed E-state index contributed by atoms with van der Waals surface area (Å²) < 4.78 is 11.8. The number of esters is 1. The highest BCUT2D eigenvalue weighted by Gasteiger charge is 2.26. The largest absolute Gasteiger partial charge is 0.497 e. The van der Waals surface area contributed by atoms with Crippen LogP contribution in [-0.2, 0) is 16.1 Å². The minimum Gasteiger partial charge on any atom is -0.497 e. The van der Waals surface area contributed by atoms with Gasteiger partial charge in [0.25, 0.3) is 0 Å². The molecule has 7 nitrogen and oxygen atoms in total. The summed E-state index contributed by atoms with van der Waals surface area (Å²) in [5.41, 5.74) is 1.04. The van der Waals surface area contributed by atoms with Crippen LogP contribution in [0.15, 0.2) is 29.4 Å². The Hall–Kier alpha value is -2.22. The van der Waals surface area contributed by atoms with E-state index in [9.17, 15) is 4.79 Å². The van der Waals surface area contributed by atoms with Gasteiger partial charge >= 0.3 is 5.97 Å². The maximum absolute atomic E-state index is 11.2. The first-order valence-corrected chi connectivity index (χ1v) is 7.76. The van der Waals surface area contributed by atoms with E-state index in [0.717, 1.165) is 35.6 Å². The molecule has 2 aromatic rings. The summed E-state index contributed by atoms with van der Waals surface area (Å²) in [5, 5.41) is 9.12. The standard InChI is InChI=1S/C14H16N4O3S/c1-20-11-5-3-10(4-6-11)17-7-8-18-13(17)15-16-14(18)22-9-12(19)21-2/h3-6H,7-9H2,1-2H3. The van der Waals surface area contributed by atoms with Gasteiger partial charge in [0.15, 0.2) is 5.16 Å². The Bertz CT molecular complexity index is 671. The van der Waals surface area contributed by atoms with Crippen LogP contribution in [0, 0.1) is 0 Å². The molecule has 0 radical (unpaired) electrons. The van der Waals surface area contributed by atoms with Crippen LogP contribution in [0.5, 0.6) is 5.75 Å². The number of nitrogens with zero attached hydrogens (tertiary/aromatic N) is 4. The van der Waals surface area contributed by atoms with Gasteiger partial charge in [-0.25, -0.2) is 0 Å². The van der Waals surface area contributed by atoms with E-state index in [1.165, 1.54) is 18.9 Å². The smallest absolute Gasteiger partial charge is 0.316 e. The van der Waals surface area contributed by atoms with E-state index in [2.05, 4.69) is 19.8 Å². The molecule has 0 aliphatic carbocycles. The number of methoxy groups -OCH3 is 2. The third-order valence-corrected chi connectivity index (χ3v) is 4.36. The van der Waals surface area contributed by atoms with Crippen molar-refractivity contribution < 1.29 is 14.3 Å². The number of hydrogen-bond acceptors (Lipinski definition) is 7. The van der Waals surface area contributed by atoms with Crippen LogP contribution >= 0.6 is 11.8 Å². The van der Waals surface area contributed by atoms with E-state index in [1.807, 2.05) is 28.8 Å². The Balaban J connectivity index is 1.77. The molecule has 116 valence electrons. The van der Waals surface area contributed by atoms with Gasteiger partial charge < -0.3 is 14.4 Å². The van der Waals surface area contributed by atoms with Gasteiger partial charge in [0.1, 0.15) is 5.75 Å². The van der Waals surface area contributed by atoms with Crippen LogP contribution in [0.1, 0.15) is 0 Å². The zero-order chi connectivity index (χ0) is 15.5. The van der Waals surface area contributed by atoms with Crippen molar-refractivity contribution >= 4 is 29.4 Å². The number of hydrogen-bond donors (Lipinski definition) is 0. The van der Waals surface area contributed by atoms with Crippen LogP contribution < -0.4 is 9.64 Å². The maximum Gasteiger partial charge on any atom is 0.316 e. The zero-order valence-electron chi connectivity index (χ0n) is 12.4. The van der Waals surface area contributed by atoms with Crippen molar-refractivity contribution in [1.82, 2.24) is 14.8 Å². The normalized spacial score (nSPS) is 13.1. The minimum absolute atomic E-state index is 0.233. The van der Waals surface area contributed by atoms with Crippen LogP contribution in [0.25, 0.3) is 0 Å². The first-order chi connectivity index (χ1) is 10.7. The van der Waals surface area contributed by atoms with Crippen molar-refractivity contribution in [3.63, 3.8) is 0 Å². The Morgan fingerprint density at radius 1 is 1.23 bits per heavy atom. The summed E-state index contributed by atoms with van der Waals surface area (Å²) in [6.45, 7) is 1.61. The quantitative estimate of drug-likeness (QED) is 0.613. The van der Waals surface area contributed by atoms with Crippen LogP contribution in [0.4, 0.5) is 11.6 Å². The first kappa shape index (κ1) is 14.7. The average Bonchev–Trinajstić information content (AvgIpc) is 3.14. The Morgan fingerprint density at radius 3 is 2.68 bits per heavy atom. The van der Waals surface area contributed by atoms with E-state index < -0.39 is 0 Å². The van der Waals surface area contributed by atoms with Crippen molar-refractivity contribution in [2.45, 2.75) is 11.7 Å². The lowest BCUT2D eigenvalue weighted by Gasteiger charge is -2.15. The molecule has 0 unspecified atom stereocenters. The lowest BCUT2D eigenvalue weighted by atomic mass is 10.3. The molecule has 0 saturated carbocycles. The summed E-state index contributed by atoms with van der Waals surface area (Å²) in [4.78, 5) is 13.3. The van der Waals surface area contributed by atoms with E-state index in [0.29, 0.717) is 0 Å². The monoisotopic (exact) mass is 320 g/mol. The van der Waals surface area contributed by atoms with E-state index in [1.54, 1.807) is 7.11 Å². The van der Waals surface area contributed by atoms with E-state index >= 15 is 0 Å². The zero-order valence-corrected chi connectivity index (χ0v) is 13.2. The SMILES string of the molecule is COC(=O)CSc1nnc2n1CCN2c1ccc(OC)cc1. The van der Waals surface area contributed by atoms with Crippen molar-refractivity contribution in [1.29, 1.82) is 0 Å². The van der Waals surface area contributed by atoms with Crippen molar-refractivity contribution in [3.05, 3.63) is 24.3 Å².